The minimum atomic E-state index is -0.111. The molecule has 0 saturated carbocycles. The maximum atomic E-state index is 12.5. The molecule has 0 unspecified atom stereocenters. The summed E-state index contributed by atoms with van der Waals surface area (Å²) in [7, 11) is 1.61. The van der Waals surface area contributed by atoms with Crippen LogP contribution >= 0.6 is 11.6 Å². The van der Waals surface area contributed by atoms with Crippen LogP contribution in [0.5, 0.6) is 5.75 Å². The first kappa shape index (κ1) is 19.0. The largest absolute Gasteiger partial charge is 0.496 e. The number of nitrogens with one attached hydrogen (secondary N) is 1. The molecule has 6 heteroatoms. The Morgan fingerprint density at radius 3 is 2.70 bits per heavy atom. The zero-order chi connectivity index (χ0) is 19.2. The fourth-order valence-corrected chi connectivity index (χ4v) is 3.13. The standard InChI is InChI=1S/C21H22ClN3O2/c1-15-4-9-20(27-2)17(12-15)13-21(26)23-14-19(25-11-3-10-24-25)16-5-7-18(22)8-6-16/h3-12,19H,13-14H2,1-2H3,(H,23,26)/t19-/m1/s1. The monoisotopic (exact) mass is 383 g/mol. The van der Waals surface area contributed by atoms with Gasteiger partial charge in [-0.1, -0.05) is 41.4 Å². The number of aromatic nitrogens is 2. The van der Waals surface area contributed by atoms with Gasteiger partial charge in [-0.2, -0.15) is 5.10 Å². The fourth-order valence-electron chi connectivity index (χ4n) is 3.01. The molecule has 27 heavy (non-hydrogen) atoms. The molecule has 3 rings (SSSR count). The van der Waals surface area contributed by atoms with Crippen LogP contribution in [0.25, 0.3) is 0 Å². The number of carbonyl (C=O) groups is 1. The third-order valence-electron chi connectivity index (χ3n) is 4.38. The summed E-state index contributed by atoms with van der Waals surface area (Å²) < 4.78 is 7.19. The van der Waals surface area contributed by atoms with Crippen molar-refractivity contribution in [3.8, 4) is 5.75 Å². The molecule has 0 saturated heterocycles. The molecule has 1 heterocycles. The van der Waals surface area contributed by atoms with Crippen LogP contribution in [0.3, 0.4) is 0 Å². The quantitative estimate of drug-likeness (QED) is 0.675. The Hall–Kier alpha value is -2.79. The SMILES string of the molecule is COc1ccc(C)cc1CC(=O)NC[C@H](c1ccc(Cl)cc1)n1cccn1. The van der Waals surface area contributed by atoms with Gasteiger partial charge in [-0.3, -0.25) is 9.48 Å². The van der Waals surface area contributed by atoms with Crippen molar-refractivity contribution >= 4 is 17.5 Å². The van der Waals surface area contributed by atoms with Crippen molar-refractivity contribution in [1.29, 1.82) is 0 Å². The van der Waals surface area contributed by atoms with Gasteiger partial charge in [0.25, 0.3) is 0 Å². The summed E-state index contributed by atoms with van der Waals surface area (Å²) in [6.45, 7) is 2.42. The van der Waals surface area contributed by atoms with E-state index in [0.29, 0.717) is 11.6 Å². The molecule has 3 aromatic rings. The van der Waals surface area contributed by atoms with Crippen LogP contribution in [0, 0.1) is 6.92 Å². The summed E-state index contributed by atoms with van der Waals surface area (Å²) in [5.41, 5.74) is 2.99. The number of halogens is 1. The Labute approximate surface area is 163 Å². The highest BCUT2D eigenvalue weighted by Gasteiger charge is 2.16. The lowest BCUT2D eigenvalue weighted by Crippen LogP contribution is -2.32. The molecule has 5 nitrogen and oxygen atoms in total. The predicted molar refractivity (Wildman–Crippen MR) is 106 cm³/mol. The highest BCUT2D eigenvalue weighted by atomic mass is 35.5. The first-order valence-electron chi connectivity index (χ1n) is 8.71. The topological polar surface area (TPSA) is 56.1 Å². The summed E-state index contributed by atoms with van der Waals surface area (Å²) in [5, 5.41) is 8.02. The highest BCUT2D eigenvalue weighted by Crippen LogP contribution is 2.21. The Bertz CT molecular complexity index is 892. The lowest BCUT2D eigenvalue weighted by atomic mass is 10.1. The van der Waals surface area contributed by atoms with Crippen molar-refractivity contribution in [3.63, 3.8) is 0 Å². The summed E-state index contributed by atoms with van der Waals surface area (Å²) in [6, 6.07) is 15.2. The van der Waals surface area contributed by atoms with Gasteiger partial charge in [-0.05, 0) is 36.8 Å². The number of benzene rings is 2. The van der Waals surface area contributed by atoms with Gasteiger partial charge < -0.3 is 10.1 Å². The first-order valence-corrected chi connectivity index (χ1v) is 9.09. The molecule has 1 aromatic heterocycles. The Balaban J connectivity index is 1.71. The average molecular weight is 384 g/mol. The van der Waals surface area contributed by atoms with Gasteiger partial charge in [0.15, 0.2) is 0 Å². The lowest BCUT2D eigenvalue weighted by molar-refractivity contribution is -0.120. The first-order chi connectivity index (χ1) is 13.1. The molecular weight excluding hydrogens is 362 g/mol. The molecule has 1 amide bonds. The number of methoxy groups -OCH3 is 1. The Morgan fingerprint density at radius 1 is 1.26 bits per heavy atom. The van der Waals surface area contributed by atoms with Crippen LogP contribution in [0.4, 0.5) is 0 Å². The van der Waals surface area contributed by atoms with E-state index in [2.05, 4.69) is 10.4 Å². The van der Waals surface area contributed by atoms with Crippen molar-refractivity contribution < 1.29 is 9.53 Å². The Morgan fingerprint density at radius 2 is 2.04 bits per heavy atom. The zero-order valence-electron chi connectivity index (χ0n) is 15.4. The smallest absolute Gasteiger partial charge is 0.224 e. The van der Waals surface area contributed by atoms with Crippen LogP contribution in [0.1, 0.15) is 22.7 Å². The fraction of sp³-hybridized carbons (Fsp3) is 0.238. The van der Waals surface area contributed by atoms with Crippen LogP contribution in [-0.4, -0.2) is 29.3 Å². The van der Waals surface area contributed by atoms with Gasteiger partial charge in [-0.15, -0.1) is 0 Å². The van der Waals surface area contributed by atoms with Gasteiger partial charge in [0.05, 0.1) is 19.6 Å². The normalized spacial score (nSPS) is 11.8. The number of amides is 1. The van der Waals surface area contributed by atoms with Crippen LogP contribution in [0.15, 0.2) is 60.9 Å². The molecule has 0 fully saturated rings. The van der Waals surface area contributed by atoms with E-state index in [1.54, 1.807) is 13.3 Å². The summed E-state index contributed by atoms with van der Waals surface area (Å²) >= 11 is 6.00. The second-order valence-electron chi connectivity index (χ2n) is 6.35. The van der Waals surface area contributed by atoms with E-state index in [0.717, 1.165) is 22.4 Å². The number of aryl methyl sites for hydroxylation is 1. The van der Waals surface area contributed by atoms with E-state index < -0.39 is 0 Å². The average Bonchev–Trinajstić information content (AvgIpc) is 3.18. The van der Waals surface area contributed by atoms with Crippen molar-refractivity contribution in [2.75, 3.05) is 13.7 Å². The van der Waals surface area contributed by atoms with E-state index in [1.165, 1.54) is 0 Å². The maximum Gasteiger partial charge on any atom is 0.224 e. The van der Waals surface area contributed by atoms with Crippen molar-refractivity contribution in [2.24, 2.45) is 0 Å². The second kappa shape index (κ2) is 8.73. The molecule has 1 N–H and O–H groups in total. The molecule has 0 radical (unpaired) electrons. The molecule has 0 aliphatic carbocycles. The number of nitrogens with zero attached hydrogens (tertiary/aromatic N) is 2. The number of hydrogen-bond acceptors (Lipinski definition) is 3. The van der Waals surface area contributed by atoms with Gasteiger partial charge in [0.2, 0.25) is 5.91 Å². The van der Waals surface area contributed by atoms with Crippen molar-refractivity contribution in [1.82, 2.24) is 15.1 Å². The molecule has 140 valence electrons. The molecule has 0 bridgehead atoms. The molecule has 0 aliphatic heterocycles. The molecule has 1 atom stereocenters. The van der Waals surface area contributed by atoms with Gasteiger partial charge in [0, 0.05) is 29.5 Å². The minimum Gasteiger partial charge on any atom is -0.496 e. The van der Waals surface area contributed by atoms with Crippen molar-refractivity contribution in [3.05, 3.63) is 82.6 Å². The molecular formula is C21H22ClN3O2. The Kier molecular flexibility index (Phi) is 6.14. The van der Waals surface area contributed by atoms with Gasteiger partial charge in [0.1, 0.15) is 5.75 Å². The number of hydrogen-bond donors (Lipinski definition) is 1. The summed E-state index contributed by atoms with van der Waals surface area (Å²) in [4.78, 5) is 12.5. The van der Waals surface area contributed by atoms with E-state index in [-0.39, 0.29) is 18.4 Å². The molecule has 0 aliphatic rings. The van der Waals surface area contributed by atoms with Gasteiger partial charge >= 0.3 is 0 Å². The van der Waals surface area contributed by atoms with Crippen LogP contribution in [0.2, 0.25) is 5.02 Å². The van der Waals surface area contributed by atoms with Crippen LogP contribution < -0.4 is 10.1 Å². The zero-order valence-corrected chi connectivity index (χ0v) is 16.1. The minimum absolute atomic E-state index is 0.0648. The summed E-state index contributed by atoms with van der Waals surface area (Å²) in [5.74, 6) is 0.655. The second-order valence-corrected chi connectivity index (χ2v) is 6.79. The van der Waals surface area contributed by atoms with E-state index in [1.807, 2.05) is 66.3 Å². The third-order valence-corrected chi connectivity index (χ3v) is 4.63. The number of carbonyl (C=O) groups excluding carboxylic acids is 1. The van der Waals surface area contributed by atoms with Gasteiger partial charge in [-0.25, -0.2) is 0 Å². The molecule has 0 spiro atoms. The highest BCUT2D eigenvalue weighted by molar-refractivity contribution is 6.30. The third kappa shape index (κ3) is 4.89. The van der Waals surface area contributed by atoms with Crippen molar-refractivity contribution in [2.45, 2.75) is 19.4 Å². The maximum absolute atomic E-state index is 12.5. The summed E-state index contributed by atoms with van der Waals surface area (Å²) in [6.07, 6.45) is 3.87. The lowest BCUT2D eigenvalue weighted by Gasteiger charge is -2.19. The number of rotatable bonds is 7. The number of ether oxygens (including phenoxy) is 1. The van der Waals surface area contributed by atoms with E-state index in [4.69, 9.17) is 16.3 Å². The van der Waals surface area contributed by atoms with E-state index >= 15 is 0 Å². The van der Waals surface area contributed by atoms with E-state index in [9.17, 15) is 4.79 Å². The van der Waals surface area contributed by atoms with Crippen LogP contribution in [-0.2, 0) is 11.2 Å². The molecule has 2 aromatic carbocycles. The predicted octanol–water partition coefficient (Wildman–Crippen LogP) is 3.80.